The minimum atomic E-state index is -0.523. The molecular formula is C20H21N3O3S2. The minimum Gasteiger partial charge on any atom is -0.451 e. The number of fused-ring (bicyclic) bond motifs is 1. The lowest BCUT2D eigenvalue weighted by atomic mass is 10.1. The minimum absolute atomic E-state index is 0.129. The highest BCUT2D eigenvalue weighted by Crippen LogP contribution is 2.33. The van der Waals surface area contributed by atoms with Crippen molar-refractivity contribution in [2.45, 2.75) is 42.3 Å². The van der Waals surface area contributed by atoms with Gasteiger partial charge in [-0.3, -0.25) is 9.59 Å². The lowest BCUT2D eigenvalue weighted by Crippen LogP contribution is -2.45. The molecule has 0 spiro atoms. The number of carbonyl (C=O) groups is 2. The molecule has 0 bridgehead atoms. The highest BCUT2D eigenvalue weighted by Gasteiger charge is 2.27. The van der Waals surface area contributed by atoms with Crippen molar-refractivity contribution in [3.05, 3.63) is 46.7 Å². The van der Waals surface area contributed by atoms with E-state index in [9.17, 15) is 9.59 Å². The van der Waals surface area contributed by atoms with Gasteiger partial charge in [0.15, 0.2) is 5.76 Å². The topological polar surface area (TPSA) is 84.2 Å². The second kappa shape index (κ2) is 8.36. The van der Waals surface area contributed by atoms with E-state index in [2.05, 4.69) is 15.6 Å². The Kier molecular flexibility index (Phi) is 5.68. The maximum Gasteiger partial charge on any atom is 0.288 e. The number of carbonyl (C=O) groups excluding carboxylic acids is 2. The molecule has 6 nitrogen and oxygen atoms in total. The summed E-state index contributed by atoms with van der Waals surface area (Å²) in [7, 11) is 0. The summed E-state index contributed by atoms with van der Waals surface area (Å²) in [6, 6.07) is 7.10. The van der Waals surface area contributed by atoms with Crippen LogP contribution in [-0.4, -0.2) is 29.4 Å². The summed E-state index contributed by atoms with van der Waals surface area (Å²) in [4.78, 5) is 29.6. The third-order valence-corrected chi connectivity index (χ3v) is 6.85. The number of aryl methyl sites for hydroxylation is 1. The van der Waals surface area contributed by atoms with Gasteiger partial charge in [-0.15, -0.1) is 11.3 Å². The summed E-state index contributed by atoms with van der Waals surface area (Å²) in [6.07, 6.45) is 2.47. The monoisotopic (exact) mass is 415 g/mol. The Morgan fingerprint density at radius 3 is 3.07 bits per heavy atom. The Morgan fingerprint density at radius 1 is 1.39 bits per heavy atom. The summed E-state index contributed by atoms with van der Waals surface area (Å²) in [6.45, 7) is 2.62. The van der Waals surface area contributed by atoms with E-state index in [1.165, 1.54) is 0 Å². The summed E-state index contributed by atoms with van der Waals surface area (Å²) in [5.74, 6) is 0.378. The maximum atomic E-state index is 13.0. The van der Waals surface area contributed by atoms with E-state index < -0.39 is 6.04 Å². The summed E-state index contributed by atoms with van der Waals surface area (Å²) in [5, 5.41) is 8.63. The summed E-state index contributed by atoms with van der Waals surface area (Å²) >= 11 is 3.17. The molecule has 1 aliphatic rings. The van der Waals surface area contributed by atoms with Crippen LogP contribution in [0.15, 0.2) is 38.4 Å². The van der Waals surface area contributed by atoms with Crippen molar-refractivity contribution < 1.29 is 14.0 Å². The highest BCUT2D eigenvalue weighted by molar-refractivity contribution is 8.00. The quantitative estimate of drug-likeness (QED) is 0.618. The average molecular weight is 416 g/mol. The molecule has 1 fully saturated rings. The van der Waals surface area contributed by atoms with Gasteiger partial charge >= 0.3 is 0 Å². The number of nitrogens with one attached hydrogen (secondary N) is 2. The van der Waals surface area contributed by atoms with Crippen LogP contribution in [0.1, 0.15) is 41.1 Å². The molecule has 0 radical (unpaired) electrons. The number of aromatic nitrogens is 1. The fraction of sp³-hybridized carbons (Fsp3) is 0.350. The summed E-state index contributed by atoms with van der Waals surface area (Å²) < 4.78 is 6.84. The van der Waals surface area contributed by atoms with Crippen LogP contribution in [0.3, 0.4) is 0 Å². The number of furan rings is 1. The second-order valence-electron chi connectivity index (χ2n) is 6.76. The Balaban J connectivity index is 1.59. The fourth-order valence-corrected chi connectivity index (χ4v) is 5.14. The van der Waals surface area contributed by atoms with Crippen LogP contribution in [-0.2, 0) is 10.5 Å². The second-order valence-corrected chi connectivity index (χ2v) is 8.84. The van der Waals surface area contributed by atoms with Gasteiger partial charge in [-0.25, -0.2) is 4.98 Å². The van der Waals surface area contributed by atoms with Gasteiger partial charge in [0, 0.05) is 34.3 Å². The van der Waals surface area contributed by atoms with Gasteiger partial charge in [-0.2, -0.15) is 0 Å². The van der Waals surface area contributed by atoms with E-state index in [1.54, 1.807) is 23.1 Å². The largest absolute Gasteiger partial charge is 0.451 e. The number of amides is 2. The molecule has 146 valence electrons. The number of thiazole rings is 1. The number of thioether (sulfide) groups is 1. The number of hydrogen-bond donors (Lipinski definition) is 2. The van der Waals surface area contributed by atoms with Gasteiger partial charge in [-0.05, 0) is 32.3 Å². The molecule has 1 aromatic carbocycles. The Labute approximate surface area is 171 Å². The number of para-hydroxylation sites is 1. The van der Waals surface area contributed by atoms with Gasteiger partial charge in [-0.1, -0.05) is 30.0 Å². The van der Waals surface area contributed by atoms with Gasteiger partial charge in [0.1, 0.15) is 16.0 Å². The maximum absolute atomic E-state index is 13.0. The van der Waals surface area contributed by atoms with Crippen molar-refractivity contribution >= 4 is 45.9 Å². The van der Waals surface area contributed by atoms with Crippen LogP contribution in [0.25, 0.3) is 11.0 Å². The van der Waals surface area contributed by atoms with E-state index in [-0.39, 0.29) is 17.6 Å². The zero-order valence-corrected chi connectivity index (χ0v) is 17.1. The molecule has 0 unspecified atom stereocenters. The molecule has 8 heteroatoms. The van der Waals surface area contributed by atoms with E-state index >= 15 is 0 Å². The first-order valence-electron chi connectivity index (χ1n) is 9.26. The first-order chi connectivity index (χ1) is 13.6. The van der Waals surface area contributed by atoms with Crippen LogP contribution in [0.4, 0.5) is 0 Å². The van der Waals surface area contributed by atoms with E-state index in [0.29, 0.717) is 24.3 Å². The van der Waals surface area contributed by atoms with Crippen LogP contribution < -0.4 is 10.6 Å². The van der Waals surface area contributed by atoms with Crippen molar-refractivity contribution in [1.82, 2.24) is 15.6 Å². The van der Waals surface area contributed by atoms with E-state index in [4.69, 9.17) is 4.42 Å². The predicted molar refractivity (Wildman–Crippen MR) is 111 cm³/mol. The third-order valence-electron chi connectivity index (χ3n) is 4.68. The lowest BCUT2D eigenvalue weighted by Gasteiger charge is -2.14. The van der Waals surface area contributed by atoms with E-state index in [0.717, 1.165) is 33.8 Å². The Morgan fingerprint density at radius 2 is 2.25 bits per heavy atom. The molecule has 0 aliphatic carbocycles. The molecule has 2 N–H and O–H groups in total. The molecule has 2 aromatic heterocycles. The van der Waals surface area contributed by atoms with Gasteiger partial charge in [0.05, 0.1) is 0 Å². The summed E-state index contributed by atoms with van der Waals surface area (Å²) in [5.41, 5.74) is 2.49. The zero-order valence-electron chi connectivity index (χ0n) is 15.5. The van der Waals surface area contributed by atoms with Crippen LogP contribution >= 0.6 is 23.1 Å². The number of benzene rings is 1. The van der Waals surface area contributed by atoms with Crippen molar-refractivity contribution in [3.63, 3.8) is 0 Å². The smallest absolute Gasteiger partial charge is 0.288 e. The van der Waals surface area contributed by atoms with Crippen molar-refractivity contribution in [2.24, 2.45) is 0 Å². The average Bonchev–Trinajstić information content (AvgIpc) is 3.21. The van der Waals surface area contributed by atoms with Crippen LogP contribution in [0.5, 0.6) is 0 Å². The molecular weight excluding hydrogens is 394 g/mol. The Bertz CT molecular complexity index is 1010. The third kappa shape index (κ3) is 4.07. The van der Waals surface area contributed by atoms with Crippen molar-refractivity contribution in [1.29, 1.82) is 0 Å². The molecule has 1 saturated heterocycles. The molecule has 1 aliphatic heterocycles. The molecule has 28 heavy (non-hydrogen) atoms. The first-order valence-corrected chi connectivity index (χ1v) is 11.1. The van der Waals surface area contributed by atoms with Crippen LogP contribution in [0.2, 0.25) is 0 Å². The molecule has 1 atom stereocenters. The first kappa shape index (κ1) is 19.0. The zero-order chi connectivity index (χ0) is 19.5. The number of nitrogens with zero attached hydrogens (tertiary/aromatic N) is 1. The van der Waals surface area contributed by atoms with Crippen LogP contribution in [0, 0.1) is 6.92 Å². The molecule has 0 saturated carbocycles. The standard InChI is InChI=1S/C20H21N3O3S2/c1-12-10-27-20(22-12)28-11-14-13-6-2-3-8-16(13)26-17(14)19(25)23-15-7-4-5-9-21-18(15)24/h2-3,6,8,10,15H,4-5,7,9,11H2,1H3,(H,21,24)(H,23,25)/t15-/m1/s1. The normalized spacial score (nSPS) is 17.3. The number of hydrogen-bond acceptors (Lipinski definition) is 6. The molecule has 2 amide bonds. The fourth-order valence-electron chi connectivity index (χ4n) is 3.26. The highest BCUT2D eigenvalue weighted by atomic mass is 32.2. The van der Waals surface area contributed by atoms with Crippen molar-refractivity contribution in [3.8, 4) is 0 Å². The SMILES string of the molecule is Cc1csc(SCc2c(C(=O)N[C@@H]3CCCCNC3=O)oc3ccccc23)n1. The van der Waals surface area contributed by atoms with E-state index in [1.807, 2.05) is 36.6 Å². The molecule has 4 rings (SSSR count). The molecule has 3 aromatic rings. The number of rotatable bonds is 5. The van der Waals surface area contributed by atoms with Gasteiger partial charge in [0.2, 0.25) is 5.91 Å². The van der Waals surface area contributed by atoms with Gasteiger partial charge < -0.3 is 15.1 Å². The lowest BCUT2D eigenvalue weighted by molar-refractivity contribution is -0.122. The van der Waals surface area contributed by atoms with Crippen molar-refractivity contribution in [2.75, 3.05) is 6.54 Å². The predicted octanol–water partition coefficient (Wildman–Crippen LogP) is 3.89. The van der Waals surface area contributed by atoms with Gasteiger partial charge in [0.25, 0.3) is 5.91 Å². The molecule has 3 heterocycles. The Hall–Kier alpha value is -2.32.